The Bertz CT molecular complexity index is 442. The summed E-state index contributed by atoms with van der Waals surface area (Å²) in [7, 11) is 0. The molecule has 0 atom stereocenters. The Morgan fingerprint density at radius 2 is 1.72 bits per heavy atom. The van der Waals surface area contributed by atoms with Crippen molar-refractivity contribution in [2.75, 3.05) is 0 Å². The molecule has 1 aromatic rings. The molecule has 0 aliphatic rings. The second-order valence-electron chi connectivity index (χ2n) is 4.38. The minimum absolute atomic E-state index is 0.103. The smallest absolute Gasteiger partial charge is 0.342 e. The van der Waals surface area contributed by atoms with Gasteiger partial charge in [-0.3, -0.25) is 0 Å². The van der Waals surface area contributed by atoms with E-state index in [1.165, 1.54) is 12.1 Å². The number of rotatable bonds is 4. The van der Waals surface area contributed by atoms with Crippen molar-refractivity contribution >= 4 is 29.2 Å². The fourth-order valence-corrected chi connectivity index (χ4v) is 1.88. The molecule has 0 spiro atoms. The second-order valence-corrected chi connectivity index (χ2v) is 5.23. The van der Waals surface area contributed by atoms with E-state index < -0.39 is 5.97 Å². The number of hydrogen-bond donors (Lipinski definition) is 0. The standard InChI is InChI=1S/C13H16Cl2O3/c1-7(2)17-12-10(13(16)18-8(3)4)5-9(14)6-11(12)15/h5-8H,1-4H3. The lowest BCUT2D eigenvalue weighted by Gasteiger charge is -2.16. The lowest BCUT2D eigenvalue weighted by molar-refractivity contribution is 0.0372. The minimum Gasteiger partial charge on any atom is -0.489 e. The number of esters is 1. The van der Waals surface area contributed by atoms with E-state index >= 15 is 0 Å². The summed E-state index contributed by atoms with van der Waals surface area (Å²) in [5, 5.41) is 0.665. The van der Waals surface area contributed by atoms with Gasteiger partial charge in [0.05, 0.1) is 17.2 Å². The van der Waals surface area contributed by atoms with Crippen molar-refractivity contribution in [3.05, 3.63) is 27.7 Å². The molecule has 0 aliphatic carbocycles. The van der Waals surface area contributed by atoms with E-state index in [0.717, 1.165) is 0 Å². The lowest BCUT2D eigenvalue weighted by atomic mass is 10.2. The van der Waals surface area contributed by atoms with Gasteiger partial charge in [-0.05, 0) is 39.8 Å². The van der Waals surface area contributed by atoms with Crippen molar-refractivity contribution in [1.29, 1.82) is 0 Å². The zero-order valence-electron chi connectivity index (χ0n) is 10.8. The summed E-state index contributed by atoms with van der Waals surface area (Å²) in [4.78, 5) is 11.9. The molecule has 18 heavy (non-hydrogen) atoms. The molecule has 0 fully saturated rings. The fraction of sp³-hybridized carbons (Fsp3) is 0.462. The van der Waals surface area contributed by atoms with Crippen LogP contribution in [0.4, 0.5) is 0 Å². The average Bonchev–Trinajstić information content (AvgIpc) is 2.20. The summed E-state index contributed by atoms with van der Waals surface area (Å²) in [6.45, 7) is 7.24. The van der Waals surface area contributed by atoms with Crippen molar-refractivity contribution < 1.29 is 14.3 Å². The van der Waals surface area contributed by atoms with Gasteiger partial charge >= 0.3 is 5.97 Å². The van der Waals surface area contributed by atoms with Crippen LogP contribution in [0.1, 0.15) is 38.1 Å². The Morgan fingerprint density at radius 1 is 1.11 bits per heavy atom. The first-order valence-electron chi connectivity index (χ1n) is 5.68. The van der Waals surface area contributed by atoms with Gasteiger partial charge < -0.3 is 9.47 Å². The monoisotopic (exact) mass is 290 g/mol. The van der Waals surface area contributed by atoms with E-state index in [1.54, 1.807) is 13.8 Å². The summed E-state index contributed by atoms with van der Waals surface area (Å²) >= 11 is 11.9. The maximum absolute atomic E-state index is 11.9. The highest BCUT2D eigenvalue weighted by molar-refractivity contribution is 6.36. The molecule has 1 aromatic carbocycles. The molecule has 0 bridgehead atoms. The van der Waals surface area contributed by atoms with Crippen LogP contribution in [0.25, 0.3) is 0 Å². The summed E-state index contributed by atoms with van der Waals surface area (Å²) < 4.78 is 10.7. The van der Waals surface area contributed by atoms with E-state index in [2.05, 4.69) is 0 Å². The first-order valence-corrected chi connectivity index (χ1v) is 6.43. The van der Waals surface area contributed by atoms with Crippen molar-refractivity contribution in [2.24, 2.45) is 0 Å². The molecule has 3 nitrogen and oxygen atoms in total. The topological polar surface area (TPSA) is 35.5 Å². The predicted octanol–water partition coefficient (Wildman–Crippen LogP) is 4.35. The molecule has 0 saturated carbocycles. The first-order chi connectivity index (χ1) is 8.31. The Hall–Kier alpha value is -0.930. The number of ether oxygens (including phenoxy) is 2. The van der Waals surface area contributed by atoms with Crippen molar-refractivity contribution in [1.82, 2.24) is 0 Å². The average molecular weight is 291 g/mol. The number of carbonyl (C=O) groups excluding carboxylic acids is 1. The molecule has 0 aromatic heterocycles. The highest BCUT2D eigenvalue weighted by Crippen LogP contribution is 2.33. The Morgan fingerprint density at radius 3 is 2.22 bits per heavy atom. The van der Waals surface area contributed by atoms with Crippen molar-refractivity contribution in [2.45, 2.75) is 39.9 Å². The summed E-state index contributed by atoms with van der Waals surface area (Å²) in [6.07, 6.45) is -0.323. The molecule has 0 aliphatic heterocycles. The Balaban J connectivity index is 3.18. The fourth-order valence-electron chi connectivity index (χ4n) is 1.35. The normalized spacial score (nSPS) is 10.9. The molecule has 0 N–H and O–H groups in total. The molecular weight excluding hydrogens is 275 g/mol. The number of hydrogen-bond acceptors (Lipinski definition) is 3. The molecule has 100 valence electrons. The lowest BCUT2D eigenvalue weighted by Crippen LogP contribution is -2.15. The van der Waals surface area contributed by atoms with Gasteiger partial charge in [-0.25, -0.2) is 4.79 Å². The van der Waals surface area contributed by atoms with Gasteiger partial charge in [-0.15, -0.1) is 0 Å². The molecule has 0 heterocycles. The molecule has 0 saturated heterocycles. The molecular formula is C13H16Cl2O3. The van der Waals surface area contributed by atoms with Crippen molar-refractivity contribution in [3.8, 4) is 5.75 Å². The van der Waals surface area contributed by atoms with E-state index in [4.69, 9.17) is 32.7 Å². The van der Waals surface area contributed by atoms with E-state index in [1.807, 2.05) is 13.8 Å². The zero-order chi connectivity index (χ0) is 13.9. The summed E-state index contributed by atoms with van der Waals surface area (Å²) in [5.41, 5.74) is 0.245. The molecule has 0 unspecified atom stereocenters. The van der Waals surface area contributed by atoms with Gasteiger partial charge in [0.25, 0.3) is 0 Å². The third-order valence-corrected chi connectivity index (χ3v) is 2.42. The molecule has 0 amide bonds. The third kappa shape index (κ3) is 4.07. The quantitative estimate of drug-likeness (QED) is 0.774. The van der Waals surface area contributed by atoms with E-state index in [9.17, 15) is 4.79 Å². The van der Waals surface area contributed by atoms with Gasteiger partial charge in [-0.2, -0.15) is 0 Å². The van der Waals surface area contributed by atoms with Gasteiger partial charge in [0.1, 0.15) is 5.56 Å². The maximum Gasteiger partial charge on any atom is 0.342 e. The Kier molecular flexibility index (Phi) is 5.29. The third-order valence-electron chi connectivity index (χ3n) is 1.92. The molecule has 1 rings (SSSR count). The van der Waals surface area contributed by atoms with E-state index in [-0.39, 0.29) is 17.8 Å². The van der Waals surface area contributed by atoms with Crippen LogP contribution in [0.2, 0.25) is 10.0 Å². The minimum atomic E-state index is -0.495. The summed E-state index contributed by atoms with van der Waals surface area (Å²) in [5.74, 6) is -0.188. The number of halogens is 2. The van der Waals surface area contributed by atoms with Crippen LogP contribution in [0.3, 0.4) is 0 Å². The summed E-state index contributed by atoms with van der Waals surface area (Å²) in [6, 6.07) is 3.03. The zero-order valence-corrected chi connectivity index (χ0v) is 12.3. The second kappa shape index (κ2) is 6.30. The van der Waals surface area contributed by atoms with Crippen LogP contribution < -0.4 is 4.74 Å². The van der Waals surface area contributed by atoms with Crippen LogP contribution in [-0.2, 0) is 4.74 Å². The van der Waals surface area contributed by atoms with Gasteiger partial charge in [0.2, 0.25) is 0 Å². The van der Waals surface area contributed by atoms with Crippen molar-refractivity contribution in [3.63, 3.8) is 0 Å². The van der Waals surface area contributed by atoms with E-state index in [0.29, 0.717) is 15.8 Å². The van der Waals surface area contributed by atoms with Gasteiger partial charge in [-0.1, -0.05) is 23.2 Å². The van der Waals surface area contributed by atoms with Crippen LogP contribution in [0.15, 0.2) is 12.1 Å². The van der Waals surface area contributed by atoms with Gasteiger partial charge in [0.15, 0.2) is 5.75 Å². The highest BCUT2D eigenvalue weighted by Gasteiger charge is 2.20. The highest BCUT2D eigenvalue weighted by atomic mass is 35.5. The van der Waals surface area contributed by atoms with Crippen LogP contribution in [0, 0.1) is 0 Å². The van der Waals surface area contributed by atoms with Gasteiger partial charge in [0, 0.05) is 5.02 Å². The van der Waals surface area contributed by atoms with Crippen LogP contribution >= 0.6 is 23.2 Å². The molecule has 0 radical (unpaired) electrons. The van der Waals surface area contributed by atoms with Crippen LogP contribution in [-0.4, -0.2) is 18.2 Å². The van der Waals surface area contributed by atoms with Crippen LogP contribution in [0.5, 0.6) is 5.75 Å². The first kappa shape index (κ1) is 15.1. The number of carbonyl (C=O) groups is 1. The molecule has 5 heteroatoms. The Labute approximate surface area is 117 Å². The SMILES string of the molecule is CC(C)OC(=O)c1cc(Cl)cc(Cl)c1OC(C)C. The predicted molar refractivity (Wildman–Crippen MR) is 72.8 cm³/mol. The maximum atomic E-state index is 11.9. The number of benzene rings is 1. The largest absolute Gasteiger partial charge is 0.489 e.